The third-order valence-electron chi connectivity index (χ3n) is 3.41. The van der Waals surface area contributed by atoms with Gasteiger partial charge in [0.05, 0.1) is 11.7 Å². The van der Waals surface area contributed by atoms with Crippen LogP contribution in [0.5, 0.6) is 0 Å². The van der Waals surface area contributed by atoms with E-state index in [1.807, 2.05) is 6.92 Å². The molecule has 0 amide bonds. The second-order valence-electron chi connectivity index (χ2n) is 4.92. The van der Waals surface area contributed by atoms with E-state index >= 15 is 0 Å². The Balaban J connectivity index is 1.92. The summed E-state index contributed by atoms with van der Waals surface area (Å²) in [5.41, 5.74) is 0.0382. The van der Waals surface area contributed by atoms with Crippen molar-refractivity contribution in [1.82, 2.24) is 5.32 Å². The monoisotopic (exact) mass is 273 g/mol. The number of nitrogens with one attached hydrogen (secondary N) is 1. The number of halogens is 3. The van der Waals surface area contributed by atoms with Crippen molar-refractivity contribution in [3.05, 3.63) is 35.4 Å². The number of rotatable bonds is 4. The summed E-state index contributed by atoms with van der Waals surface area (Å²) in [6.07, 6.45) is -2.04. The minimum Gasteiger partial charge on any atom is -0.377 e. The quantitative estimate of drug-likeness (QED) is 0.908. The number of alkyl halides is 3. The molecule has 0 aliphatic carbocycles. The van der Waals surface area contributed by atoms with Crippen molar-refractivity contribution < 1.29 is 17.9 Å². The molecule has 106 valence electrons. The molecule has 0 bridgehead atoms. The molecule has 1 aliphatic rings. The molecule has 2 atom stereocenters. The van der Waals surface area contributed by atoms with Gasteiger partial charge in [0, 0.05) is 19.2 Å². The standard InChI is InChI=1S/C14H18F3NO/c1-10(13-6-3-7-19-13)18-9-11-4-2-5-12(8-11)14(15,16)17/h2,4-5,8,10,13,18H,3,6-7,9H2,1H3. The molecule has 1 heterocycles. The molecule has 19 heavy (non-hydrogen) atoms. The van der Waals surface area contributed by atoms with Crippen LogP contribution in [0.25, 0.3) is 0 Å². The Morgan fingerprint density at radius 3 is 2.84 bits per heavy atom. The highest BCUT2D eigenvalue weighted by atomic mass is 19.4. The summed E-state index contributed by atoms with van der Waals surface area (Å²) in [6.45, 7) is 3.20. The van der Waals surface area contributed by atoms with Gasteiger partial charge < -0.3 is 10.1 Å². The number of ether oxygens (including phenoxy) is 1. The van der Waals surface area contributed by atoms with Crippen LogP contribution in [-0.2, 0) is 17.5 Å². The molecule has 0 aromatic heterocycles. The topological polar surface area (TPSA) is 21.3 Å². The van der Waals surface area contributed by atoms with Gasteiger partial charge >= 0.3 is 6.18 Å². The van der Waals surface area contributed by atoms with Gasteiger partial charge in [0.2, 0.25) is 0 Å². The highest BCUT2D eigenvalue weighted by Gasteiger charge is 2.30. The normalized spacial score (nSPS) is 21.6. The van der Waals surface area contributed by atoms with Gasteiger partial charge in [-0.25, -0.2) is 0 Å². The summed E-state index contributed by atoms with van der Waals surface area (Å²) in [4.78, 5) is 0. The summed E-state index contributed by atoms with van der Waals surface area (Å²) in [6, 6.07) is 5.57. The molecule has 2 rings (SSSR count). The first kappa shape index (κ1) is 14.3. The minimum absolute atomic E-state index is 0.150. The molecule has 1 aromatic carbocycles. The van der Waals surface area contributed by atoms with Crippen LogP contribution >= 0.6 is 0 Å². The van der Waals surface area contributed by atoms with Gasteiger partial charge in [-0.2, -0.15) is 13.2 Å². The first-order valence-electron chi connectivity index (χ1n) is 6.48. The van der Waals surface area contributed by atoms with Gasteiger partial charge in [-0.1, -0.05) is 18.2 Å². The Morgan fingerprint density at radius 2 is 2.21 bits per heavy atom. The maximum atomic E-state index is 12.6. The molecule has 2 unspecified atom stereocenters. The van der Waals surface area contributed by atoms with Crippen molar-refractivity contribution >= 4 is 0 Å². The van der Waals surface area contributed by atoms with E-state index in [0.29, 0.717) is 12.1 Å². The van der Waals surface area contributed by atoms with Crippen LogP contribution in [0.2, 0.25) is 0 Å². The molecule has 1 aliphatic heterocycles. The van der Waals surface area contributed by atoms with Gasteiger partial charge in [0.15, 0.2) is 0 Å². The van der Waals surface area contributed by atoms with Gasteiger partial charge in [-0.05, 0) is 31.4 Å². The molecule has 2 nitrogen and oxygen atoms in total. The minimum atomic E-state index is -4.28. The van der Waals surface area contributed by atoms with Crippen molar-refractivity contribution in [3.63, 3.8) is 0 Å². The average molecular weight is 273 g/mol. The van der Waals surface area contributed by atoms with Crippen LogP contribution in [0.3, 0.4) is 0 Å². The fourth-order valence-corrected chi connectivity index (χ4v) is 2.26. The first-order valence-corrected chi connectivity index (χ1v) is 6.48. The zero-order valence-corrected chi connectivity index (χ0v) is 10.8. The maximum absolute atomic E-state index is 12.6. The molecular formula is C14H18F3NO. The van der Waals surface area contributed by atoms with Gasteiger partial charge in [-0.3, -0.25) is 0 Å². The van der Waals surface area contributed by atoms with Crippen molar-refractivity contribution in [2.24, 2.45) is 0 Å². The van der Waals surface area contributed by atoms with E-state index in [0.717, 1.165) is 25.5 Å². The third-order valence-corrected chi connectivity index (χ3v) is 3.41. The van der Waals surface area contributed by atoms with Gasteiger partial charge in [0.25, 0.3) is 0 Å². The summed E-state index contributed by atoms with van der Waals surface area (Å²) in [7, 11) is 0. The van der Waals surface area contributed by atoms with Crippen LogP contribution in [-0.4, -0.2) is 18.8 Å². The largest absolute Gasteiger partial charge is 0.416 e. The second-order valence-corrected chi connectivity index (χ2v) is 4.92. The summed E-state index contributed by atoms with van der Waals surface area (Å²) < 4.78 is 43.3. The highest BCUT2D eigenvalue weighted by Crippen LogP contribution is 2.29. The van der Waals surface area contributed by atoms with Crippen LogP contribution in [0, 0.1) is 0 Å². The van der Waals surface area contributed by atoms with E-state index in [1.54, 1.807) is 6.07 Å². The van der Waals surface area contributed by atoms with Gasteiger partial charge in [0.1, 0.15) is 0 Å². The van der Waals surface area contributed by atoms with Gasteiger partial charge in [-0.15, -0.1) is 0 Å². The van der Waals surface area contributed by atoms with Crippen LogP contribution < -0.4 is 5.32 Å². The van der Waals surface area contributed by atoms with Crippen molar-refractivity contribution in [2.75, 3.05) is 6.61 Å². The third kappa shape index (κ3) is 3.94. The molecule has 0 radical (unpaired) electrons. The lowest BCUT2D eigenvalue weighted by Crippen LogP contribution is -2.36. The molecule has 1 N–H and O–H groups in total. The van der Waals surface area contributed by atoms with E-state index in [2.05, 4.69) is 5.32 Å². The molecule has 1 fully saturated rings. The summed E-state index contributed by atoms with van der Waals surface area (Å²) in [5.74, 6) is 0. The summed E-state index contributed by atoms with van der Waals surface area (Å²) >= 11 is 0. The Morgan fingerprint density at radius 1 is 1.42 bits per heavy atom. The van der Waals surface area contributed by atoms with Crippen molar-refractivity contribution in [3.8, 4) is 0 Å². The molecule has 5 heteroatoms. The molecule has 0 spiro atoms. The zero-order valence-electron chi connectivity index (χ0n) is 10.8. The second kappa shape index (κ2) is 5.92. The summed E-state index contributed by atoms with van der Waals surface area (Å²) in [5, 5.41) is 3.23. The Bertz CT molecular complexity index is 413. The Kier molecular flexibility index (Phi) is 4.47. The smallest absolute Gasteiger partial charge is 0.377 e. The lowest BCUT2D eigenvalue weighted by molar-refractivity contribution is -0.137. The van der Waals surface area contributed by atoms with E-state index in [4.69, 9.17) is 4.74 Å². The number of hydrogen-bond acceptors (Lipinski definition) is 2. The average Bonchev–Trinajstić information content (AvgIpc) is 2.89. The predicted molar refractivity (Wildman–Crippen MR) is 66.7 cm³/mol. The zero-order chi connectivity index (χ0) is 13.9. The van der Waals surface area contributed by atoms with Crippen LogP contribution in [0.15, 0.2) is 24.3 Å². The molecule has 0 saturated carbocycles. The maximum Gasteiger partial charge on any atom is 0.416 e. The lowest BCUT2D eigenvalue weighted by Gasteiger charge is -2.20. The molecule has 1 saturated heterocycles. The van der Waals surface area contributed by atoms with Crippen LogP contribution in [0.4, 0.5) is 13.2 Å². The number of hydrogen-bond donors (Lipinski definition) is 1. The fourth-order valence-electron chi connectivity index (χ4n) is 2.26. The highest BCUT2D eigenvalue weighted by molar-refractivity contribution is 5.25. The van der Waals surface area contributed by atoms with E-state index in [-0.39, 0.29) is 12.1 Å². The Hall–Kier alpha value is -1.07. The fraction of sp³-hybridized carbons (Fsp3) is 0.571. The molecule has 1 aromatic rings. The molecular weight excluding hydrogens is 255 g/mol. The van der Waals surface area contributed by atoms with Crippen LogP contribution in [0.1, 0.15) is 30.9 Å². The van der Waals surface area contributed by atoms with Crippen molar-refractivity contribution in [2.45, 2.75) is 44.6 Å². The SMILES string of the molecule is CC(NCc1cccc(C(F)(F)F)c1)C1CCCO1. The lowest BCUT2D eigenvalue weighted by atomic mass is 10.1. The van der Waals surface area contributed by atoms with E-state index in [9.17, 15) is 13.2 Å². The van der Waals surface area contributed by atoms with E-state index in [1.165, 1.54) is 12.1 Å². The Labute approximate surface area is 111 Å². The first-order chi connectivity index (χ1) is 8.97. The number of benzene rings is 1. The predicted octanol–water partition coefficient (Wildman–Crippen LogP) is 3.36. The van der Waals surface area contributed by atoms with Crippen molar-refractivity contribution in [1.29, 1.82) is 0 Å². The van der Waals surface area contributed by atoms with E-state index < -0.39 is 11.7 Å².